The van der Waals surface area contributed by atoms with Crippen molar-refractivity contribution in [1.29, 1.82) is 0 Å². The number of hydrogen-bond acceptors (Lipinski definition) is 5. The van der Waals surface area contributed by atoms with Crippen molar-refractivity contribution in [2.75, 3.05) is 5.32 Å². The van der Waals surface area contributed by atoms with Crippen LogP contribution in [0.4, 0.5) is 5.69 Å². The molecule has 9 heteroatoms. The van der Waals surface area contributed by atoms with Gasteiger partial charge in [0.2, 0.25) is 11.1 Å². The summed E-state index contributed by atoms with van der Waals surface area (Å²) in [6.07, 6.45) is 3.35. The minimum Gasteiger partial charge on any atom is -0.324 e. The van der Waals surface area contributed by atoms with E-state index in [1.54, 1.807) is 37.5 Å². The molecule has 3 aromatic rings. The quantitative estimate of drug-likeness (QED) is 0.631. The summed E-state index contributed by atoms with van der Waals surface area (Å²) in [6.45, 7) is 1.76. The van der Waals surface area contributed by atoms with Crippen molar-refractivity contribution in [2.24, 2.45) is 0 Å². The summed E-state index contributed by atoms with van der Waals surface area (Å²) in [5, 5.41) is 10.7. The third kappa shape index (κ3) is 4.50. The molecule has 0 aliphatic rings. The summed E-state index contributed by atoms with van der Waals surface area (Å²) < 4.78 is 0. The van der Waals surface area contributed by atoms with Gasteiger partial charge in [0, 0.05) is 23.0 Å². The van der Waals surface area contributed by atoms with Gasteiger partial charge in [-0.1, -0.05) is 35.0 Å². The molecule has 128 valence electrons. The van der Waals surface area contributed by atoms with Gasteiger partial charge >= 0.3 is 0 Å². The molecule has 0 aliphatic heterocycles. The number of carbonyl (C=O) groups is 1. The molecular weight excluding hydrogens is 381 g/mol. The highest BCUT2D eigenvalue weighted by Crippen LogP contribution is 2.27. The summed E-state index contributed by atoms with van der Waals surface area (Å²) in [5.41, 5.74) is 1.34. The fourth-order valence-electron chi connectivity index (χ4n) is 1.98. The highest BCUT2D eigenvalue weighted by molar-refractivity contribution is 8.00. The number of anilines is 1. The molecule has 1 atom stereocenters. The van der Waals surface area contributed by atoms with Gasteiger partial charge in [0.15, 0.2) is 5.82 Å². The van der Waals surface area contributed by atoms with E-state index in [0.717, 1.165) is 5.56 Å². The number of amides is 1. The number of H-pyrrole nitrogens is 1. The van der Waals surface area contributed by atoms with Crippen molar-refractivity contribution < 1.29 is 4.79 Å². The summed E-state index contributed by atoms with van der Waals surface area (Å²) in [5.74, 6) is 0.403. The lowest BCUT2D eigenvalue weighted by Gasteiger charge is -2.11. The van der Waals surface area contributed by atoms with Gasteiger partial charge in [-0.25, -0.2) is 4.98 Å². The van der Waals surface area contributed by atoms with Crippen LogP contribution in [0.15, 0.2) is 47.9 Å². The smallest absolute Gasteiger partial charge is 0.237 e. The Kier molecular flexibility index (Phi) is 5.57. The highest BCUT2D eigenvalue weighted by Gasteiger charge is 2.18. The highest BCUT2D eigenvalue weighted by atomic mass is 35.5. The third-order valence-corrected chi connectivity index (χ3v) is 4.78. The summed E-state index contributed by atoms with van der Waals surface area (Å²) in [6, 6.07) is 8.55. The second-order valence-corrected chi connectivity index (χ2v) is 7.23. The number of nitrogens with one attached hydrogen (secondary N) is 2. The number of nitrogens with zero attached hydrogens (tertiary/aromatic N) is 3. The number of aromatic nitrogens is 4. The average molecular weight is 394 g/mol. The lowest BCUT2D eigenvalue weighted by Crippen LogP contribution is -2.22. The molecule has 3 rings (SSSR count). The number of rotatable bonds is 5. The number of thioether (sulfide) groups is 1. The van der Waals surface area contributed by atoms with Gasteiger partial charge in [0.25, 0.3) is 0 Å². The van der Waals surface area contributed by atoms with E-state index >= 15 is 0 Å². The topological polar surface area (TPSA) is 83.6 Å². The second kappa shape index (κ2) is 7.86. The number of pyridine rings is 1. The van der Waals surface area contributed by atoms with E-state index in [1.807, 2.05) is 12.1 Å². The SMILES string of the molecule is C[C@@H](Sc1n[nH]c(-c2ccncc2)n1)C(=O)Nc1cc(Cl)ccc1Cl. The Labute approximate surface area is 158 Å². The maximum Gasteiger partial charge on any atom is 0.237 e. The van der Waals surface area contributed by atoms with E-state index in [1.165, 1.54) is 11.8 Å². The van der Waals surface area contributed by atoms with Crippen molar-refractivity contribution >= 4 is 46.6 Å². The fourth-order valence-corrected chi connectivity index (χ4v) is 3.04. The Morgan fingerprint density at radius 3 is 2.76 bits per heavy atom. The minimum absolute atomic E-state index is 0.218. The molecule has 0 saturated heterocycles. The van der Waals surface area contributed by atoms with Crippen LogP contribution in [0.2, 0.25) is 10.0 Å². The Bertz CT molecular complexity index is 887. The zero-order valence-corrected chi connectivity index (χ0v) is 15.4. The minimum atomic E-state index is -0.420. The van der Waals surface area contributed by atoms with E-state index in [0.29, 0.717) is 26.7 Å². The monoisotopic (exact) mass is 393 g/mol. The van der Waals surface area contributed by atoms with Crippen molar-refractivity contribution in [3.8, 4) is 11.4 Å². The van der Waals surface area contributed by atoms with Gasteiger partial charge in [0.05, 0.1) is 16.0 Å². The molecule has 2 N–H and O–H groups in total. The average Bonchev–Trinajstić information content (AvgIpc) is 3.07. The van der Waals surface area contributed by atoms with Crippen LogP contribution in [0.3, 0.4) is 0 Å². The van der Waals surface area contributed by atoms with Crippen molar-refractivity contribution in [2.45, 2.75) is 17.3 Å². The molecule has 0 aliphatic carbocycles. The van der Waals surface area contributed by atoms with Gasteiger partial charge in [-0.15, -0.1) is 5.10 Å². The first kappa shape index (κ1) is 17.7. The first-order chi connectivity index (χ1) is 12.0. The number of carbonyl (C=O) groups excluding carboxylic acids is 1. The Hall–Kier alpha value is -2.09. The molecule has 0 fully saturated rings. The molecule has 0 radical (unpaired) electrons. The standard InChI is InChI=1S/C16H13Cl2N5OS/c1-9(15(24)20-13-8-11(17)2-3-12(13)18)25-16-21-14(22-23-16)10-4-6-19-7-5-10/h2-9H,1H3,(H,20,24)(H,21,22,23)/t9-/m1/s1. The van der Waals surface area contributed by atoms with Crippen LogP contribution in [-0.2, 0) is 4.79 Å². The predicted molar refractivity (Wildman–Crippen MR) is 100 cm³/mol. The molecule has 0 bridgehead atoms. The van der Waals surface area contributed by atoms with E-state index in [9.17, 15) is 4.79 Å². The molecular formula is C16H13Cl2N5OS. The lowest BCUT2D eigenvalue weighted by molar-refractivity contribution is -0.115. The molecule has 6 nitrogen and oxygen atoms in total. The molecule has 0 saturated carbocycles. The number of aromatic amines is 1. The van der Waals surface area contributed by atoms with Crippen LogP contribution in [0.1, 0.15) is 6.92 Å². The van der Waals surface area contributed by atoms with Crippen LogP contribution in [0.5, 0.6) is 0 Å². The van der Waals surface area contributed by atoms with Gasteiger partial charge in [-0.3, -0.25) is 14.9 Å². The van der Waals surface area contributed by atoms with Crippen LogP contribution >= 0.6 is 35.0 Å². The summed E-state index contributed by atoms with van der Waals surface area (Å²) in [4.78, 5) is 20.7. The molecule has 0 unspecified atom stereocenters. The van der Waals surface area contributed by atoms with Gasteiger partial charge in [-0.2, -0.15) is 0 Å². The zero-order valence-electron chi connectivity index (χ0n) is 13.0. The Balaban J connectivity index is 1.66. The first-order valence-corrected chi connectivity index (χ1v) is 8.92. The molecule has 2 heterocycles. The largest absolute Gasteiger partial charge is 0.324 e. The summed E-state index contributed by atoms with van der Waals surface area (Å²) >= 11 is 13.2. The maximum atomic E-state index is 12.3. The first-order valence-electron chi connectivity index (χ1n) is 7.28. The molecule has 25 heavy (non-hydrogen) atoms. The van der Waals surface area contributed by atoms with Crippen LogP contribution in [-0.4, -0.2) is 31.3 Å². The van der Waals surface area contributed by atoms with Gasteiger partial charge in [-0.05, 0) is 37.3 Å². The molecule has 1 amide bonds. The van der Waals surface area contributed by atoms with Crippen molar-refractivity contribution in [3.63, 3.8) is 0 Å². The molecule has 0 spiro atoms. The lowest BCUT2D eigenvalue weighted by atomic mass is 10.3. The third-order valence-electron chi connectivity index (χ3n) is 3.26. The summed E-state index contributed by atoms with van der Waals surface area (Å²) in [7, 11) is 0. The number of benzene rings is 1. The molecule has 2 aromatic heterocycles. The maximum absolute atomic E-state index is 12.3. The van der Waals surface area contributed by atoms with Crippen LogP contribution in [0, 0.1) is 0 Å². The zero-order chi connectivity index (χ0) is 17.8. The number of hydrogen-bond donors (Lipinski definition) is 2. The van der Waals surface area contributed by atoms with Crippen LogP contribution < -0.4 is 5.32 Å². The van der Waals surface area contributed by atoms with E-state index < -0.39 is 5.25 Å². The van der Waals surface area contributed by atoms with E-state index in [4.69, 9.17) is 23.2 Å². The molecule has 1 aromatic carbocycles. The van der Waals surface area contributed by atoms with Crippen molar-refractivity contribution in [3.05, 3.63) is 52.8 Å². The fraction of sp³-hybridized carbons (Fsp3) is 0.125. The normalized spacial score (nSPS) is 12.0. The van der Waals surface area contributed by atoms with E-state index in [-0.39, 0.29) is 5.91 Å². The van der Waals surface area contributed by atoms with Gasteiger partial charge < -0.3 is 5.32 Å². The predicted octanol–water partition coefficient (Wildman–Crippen LogP) is 4.29. The van der Waals surface area contributed by atoms with Crippen LogP contribution in [0.25, 0.3) is 11.4 Å². The Morgan fingerprint density at radius 1 is 1.24 bits per heavy atom. The Morgan fingerprint density at radius 2 is 2.00 bits per heavy atom. The van der Waals surface area contributed by atoms with Gasteiger partial charge in [0.1, 0.15) is 0 Å². The van der Waals surface area contributed by atoms with E-state index in [2.05, 4.69) is 25.5 Å². The van der Waals surface area contributed by atoms with Crippen molar-refractivity contribution in [1.82, 2.24) is 20.2 Å². The second-order valence-electron chi connectivity index (χ2n) is 5.08. The number of halogens is 2.